The Hall–Kier alpha value is -1.25. The number of carbonyl (C=O) groups is 1. The topological polar surface area (TPSA) is 38.3 Å². The fourth-order valence-corrected chi connectivity index (χ4v) is 1.24. The normalized spacial score (nSPS) is 20.8. The summed E-state index contributed by atoms with van der Waals surface area (Å²) in [5.74, 6) is 0.550. The molecule has 0 aromatic heterocycles. The summed E-state index contributed by atoms with van der Waals surface area (Å²) in [6, 6.07) is 0. The zero-order chi connectivity index (χ0) is 11.5. The second kappa shape index (κ2) is 4.51. The van der Waals surface area contributed by atoms with Crippen molar-refractivity contribution in [1.29, 1.82) is 0 Å². The molecule has 3 nitrogen and oxygen atoms in total. The lowest BCUT2D eigenvalue weighted by atomic mass is 10.0. The average molecular weight is 209 g/mol. The summed E-state index contributed by atoms with van der Waals surface area (Å²) in [5.41, 5.74) is 0.374. The summed E-state index contributed by atoms with van der Waals surface area (Å²) >= 11 is 0. The first kappa shape index (κ1) is 11.8. The molecule has 1 aliphatic rings. The van der Waals surface area contributed by atoms with Crippen molar-refractivity contribution in [1.82, 2.24) is 5.32 Å². The van der Waals surface area contributed by atoms with Gasteiger partial charge in [-0.2, -0.15) is 0 Å². The first-order chi connectivity index (χ1) is 6.87. The zero-order valence-electron chi connectivity index (χ0n) is 9.83. The van der Waals surface area contributed by atoms with Gasteiger partial charge in [0.25, 0.3) is 0 Å². The van der Waals surface area contributed by atoms with Crippen LogP contribution in [0.3, 0.4) is 0 Å². The number of alkyl carbamates (subject to hydrolysis) is 1. The Morgan fingerprint density at radius 2 is 2.20 bits per heavy atom. The highest BCUT2D eigenvalue weighted by molar-refractivity contribution is 5.70. The number of ether oxygens (including phenoxy) is 1. The van der Waals surface area contributed by atoms with Gasteiger partial charge in [-0.1, -0.05) is 19.1 Å². The van der Waals surface area contributed by atoms with Crippen LogP contribution in [0.25, 0.3) is 0 Å². The van der Waals surface area contributed by atoms with E-state index in [0.29, 0.717) is 5.92 Å². The minimum absolute atomic E-state index is 0.395. The van der Waals surface area contributed by atoms with E-state index in [2.05, 4.69) is 18.3 Å². The Morgan fingerprint density at radius 3 is 2.67 bits per heavy atom. The molecule has 1 N–H and O–H groups in total. The number of allylic oxidation sites excluding steroid dienone is 3. The molecule has 0 aromatic rings. The highest BCUT2D eigenvalue weighted by Gasteiger charge is 2.16. The van der Waals surface area contributed by atoms with Gasteiger partial charge in [0.15, 0.2) is 0 Å². The van der Waals surface area contributed by atoms with E-state index in [1.54, 1.807) is 0 Å². The molecule has 0 fully saturated rings. The fourth-order valence-electron chi connectivity index (χ4n) is 1.24. The van der Waals surface area contributed by atoms with Gasteiger partial charge in [-0.15, -0.1) is 0 Å². The molecule has 0 aromatic carbocycles. The lowest BCUT2D eigenvalue weighted by molar-refractivity contribution is 0.0547. The van der Waals surface area contributed by atoms with Crippen molar-refractivity contribution in [2.75, 3.05) is 0 Å². The molecule has 0 spiro atoms. The SMILES string of the molecule is C[C@H]1C=CC(NC(=O)OC(C)(C)C)=CC1. The quantitative estimate of drug-likeness (QED) is 0.721. The van der Waals surface area contributed by atoms with Gasteiger partial charge in [0, 0.05) is 5.70 Å². The molecule has 0 aliphatic heterocycles. The van der Waals surface area contributed by atoms with E-state index in [1.165, 1.54) is 0 Å². The molecule has 0 saturated heterocycles. The fraction of sp³-hybridized carbons (Fsp3) is 0.583. The predicted octanol–water partition coefficient (Wildman–Crippen LogP) is 2.99. The number of carbonyl (C=O) groups excluding carboxylic acids is 1. The van der Waals surface area contributed by atoms with Crippen molar-refractivity contribution < 1.29 is 9.53 Å². The number of rotatable bonds is 1. The van der Waals surface area contributed by atoms with E-state index in [4.69, 9.17) is 4.74 Å². The minimum atomic E-state index is -0.448. The van der Waals surface area contributed by atoms with E-state index in [9.17, 15) is 4.79 Å². The summed E-state index contributed by atoms with van der Waals surface area (Å²) in [6.07, 6.45) is 6.56. The van der Waals surface area contributed by atoms with E-state index in [1.807, 2.05) is 32.9 Å². The molecule has 0 unspecified atom stereocenters. The van der Waals surface area contributed by atoms with Gasteiger partial charge >= 0.3 is 6.09 Å². The highest BCUT2D eigenvalue weighted by atomic mass is 16.6. The van der Waals surface area contributed by atoms with Gasteiger partial charge in [-0.05, 0) is 39.2 Å². The van der Waals surface area contributed by atoms with E-state index < -0.39 is 11.7 Å². The smallest absolute Gasteiger partial charge is 0.412 e. The predicted molar refractivity (Wildman–Crippen MR) is 60.4 cm³/mol. The van der Waals surface area contributed by atoms with Crippen LogP contribution in [0, 0.1) is 5.92 Å². The molecule has 1 amide bonds. The molecule has 1 aliphatic carbocycles. The second-order valence-electron chi connectivity index (χ2n) is 4.86. The van der Waals surface area contributed by atoms with Crippen LogP contribution in [0.1, 0.15) is 34.1 Å². The maximum Gasteiger partial charge on any atom is 0.412 e. The summed E-state index contributed by atoms with van der Waals surface area (Å²) in [5, 5.41) is 2.71. The van der Waals surface area contributed by atoms with Crippen molar-refractivity contribution in [2.24, 2.45) is 5.92 Å². The summed E-state index contributed by atoms with van der Waals surface area (Å²) in [4.78, 5) is 11.4. The standard InChI is InChI=1S/C12H19NO2/c1-9-5-7-10(8-6-9)13-11(14)15-12(2,3)4/h5,7-9H,6H2,1-4H3,(H,13,14)/t9-/m0/s1. The van der Waals surface area contributed by atoms with Gasteiger partial charge in [-0.3, -0.25) is 5.32 Å². The maximum atomic E-state index is 11.4. The van der Waals surface area contributed by atoms with Crippen LogP contribution in [0.2, 0.25) is 0 Å². The summed E-state index contributed by atoms with van der Waals surface area (Å²) < 4.78 is 5.14. The van der Waals surface area contributed by atoms with Gasteiger partial charge in [0.2, 0.25) is 0 Å². The lowest BCUT2D eigenvalue weighted by Crippen LogP contribution is -2.32. The van der Waals surface area contributed by atoms with Crippen molar-refractivity contribution in [3.05, 3.63) is 23.9 Å². The molecular formula is C12H19NO2. The van der Waals surface area contributed by atoms with Crippen LogP contribution >= 0.6 is 0 Å². The van der Waals surface area contributed by atoms with Gasteiger partial charge in [0.1, 0.15) is 5.60 Å². The van der Waals surface area contributed by atoms with Crippen LogP contribution in [0.15, 0.2) is 23.9 Å². The number of hydrogen-bond donors (Lipinski definition) is 1. The third-order valence-corrected chi connectivity index (χ3v) is 1.96. The molecule has 0 saturated carbocycles. The molecular weight excluding hydrogens is 190 g/mol. The van der Waals surface area contributed by atoms with Crippen molar-refractivity contribution in [3.63, 3.8) is 0 Å². The monoisotopic (exact) mass is 209 g/mol. The van der Waals surface area contributed by atoms with Crippen molar-refractivity contribution >= 4 is 6.09 Å². The Bertz CT molecular complexity index is 297. The highest BCUT2D eigenvalue weighted by Crippen LogP contribution is 2.14. The van der Waals surface area contributed by atoms with Crippen molar-refractivity contribution in [2.45, 2.75) is 39.7 Å². The molecule has 15 heavy (non-hydrogen) atoms. The number of hydrogen-bond acceptors (Lipinski definition) is 2. The minimum Gasteiger partial charge on any atom is -0.444 e. The molecule has 1 rings (SSSR count). The molecule has 0 bridgehead atoms. The van der Waals surface area contributed by atoms with Crippen LogP contribution in [-0.2, 0) is 4.74 Å². The summed E-state index contributed by atoms with van der Waals surface area (Å²) in [7, 11) is 0. The lowest BCUT2D eigenvalue weighted by Gasteiger charge is -2.20. The third kappa shape index (κ3) is 4.68. The van der Waals surface area contributed by atoms with E-state index in [-0.39, 0.29) is 0 Å². The first-order valence-corrected chi connectivity index (χ1v) is 5.25. The van der Waals surface area contributed by atoms with Crippen LogP contribution in [0.5, 0.6) is 0 Å². The van der Waals surface area contributed by atoms with E-state index in [0.717, 1.165) is 12.1 Å². The summed E-state index contributed by atoms with van der Waals surface area (Å²) in [6.45, 7) is 7.68. The molecule has 0 heterocycles. The largest absolute Gasteiger partial charge is 0.444 e. The van der Waals surface area contributed by atoms with Crippen LogP contribution in [-0.4, -0.2) is 11.7 Å². The Balaban J connectivity index is 2.43. The maximum absolute atomic E-state index is 11.4. The molecule has 3 heteroatoms. The average Bonchev–Trinajstić information content (AvgIpc) is 2.05. The van der Waals surface area contributed by atoms with E-state index >= 15 is 0 Å². The second-order valence-corrected chi connectivity index (χ2v) is 4.86. The molecule has 0 radical (unpaired) electrons. The first-order valence-electron chi connectivity index (χ1n) is 5.25. The Morgan fingerprint density at radius 1 is 1.53 bits per heavy atom. The van der Waals surface area contributed by atoms with Gasteiger partial charge < -0.3 is 4.74 Å². The number of amides is 1. The zero-order valence-corrected chi connectivity index (χ0v) is 9.83. The van der Waals surface area contributed by atoms with Gasteiger partial charge in [0.05, 0.1) is 0 Å². The molecule has 1 atom stereocenters. The number of nitrogens with one attached hydrogen (secondary N) is 1. The Kier molecular flexibility index (Phi) is 3.56. The van der Waals surface area contributed by atoms with Gasteiger partial charge in [-0.25, -0.2) is 4.79 Å². The van der Waals surface area contributed by atoms with Crippen LogP contribution in [0.4, 0.5) is 4.79 Å². The third-order valence-electron chi connectivity index (χ3n) is 1.96. The van der Waals surface area contributed by atoms with Crippen molar-refractivity contribution in [3.8, 4) is 0 Å². The molecule has 84 valence electrons. The Labute approximate surface area is 91.2 Å². The van der Waals surface area contributed by atoms with Crippen LogP contribution < -0.4 is 5.32 Å².